The highest BCUT2D eigenvalue weighted by atomic mass is 16.5. The molecule has 0 saturated carbocycles. The molecule has 0 aromatic heterocycles. The van der Waals surface area contributed by atoms with Crippen LogP contribution in [0.5, 0.6) is 28.7 Å². The number of nitrogens with zero attached hydrogens (tertiary/aromatic N) is 1. The second-order valence-electron chi connectivity index (χ2n) is 9.11. The fourth-order valence-electron chi connectivity index (χ4n) is 4.25. The predicted octanol–water partition coefficient (Wildman–Crippen LogP) is 7.92. The summed E-state index contributed by atoms with van der Waals surface area (Å²) in [5.41, 5.74) is 7.41. The number of benzene rings is 4. The molecule has 0 heterocycles. The van der Waals surface area contributed by atoms with E-state index in [1.54, 1.807) is 18.2 Å². The van der Waals surface area contributed by atoms with Gasteiger partial charge in [0.15, 0.2) is 5.75 Å². The molecule has 5 heteroatoms. The van der Waals surface area contributed by atoms with Crippen LogP contribution in [0.4, 0.5) is 17.1 Å². The van der Waals surface area contributed by atoms with Crippen molar-refractivity contribution in [1.29, 1.82) is 0 Å². The molecular formula is C30H31NO4. The van der Waals surface area contributed by atoms with Gasteiger partial charge < -0.3 is 25.0 Å². The van der Waals surface area contributed by atoms with Crippen molar-refractivity contribution in [3.63, 3.8) is 0 Å². The maximum Gasteiger partial charge on any atom is 0.151 e. The summed E-state index contributed by atoms with van der Waals surface area (Å²) < 4.78 is 6.46. The standard InChI is InChI=1S/C30H31NO4/c1-17-11-12-26(32)22(6)30(17)35-29-10-8-7-9-23(29)31(24-13-20(4)27(33)15-18(24)2)25-14-21(5)28(34)16-19(25)3/h7-16,32-34H,1-6H3. The van der Waals surface area contributed by atoms with Gasteiger partial charge in [-0.05, 0) is 112 Å². The summed E-state index contributed by atoms with van der Waals surface area (Å²) in [7, 11) is 0. The Morgan fingerprint density at radius 3 is 1.66 bits per heavy atom. The zero-order valence-corrected chi connectivity index (χ0v) is 21.0. The zero-order valence-electron chi connectivity index (χ0n) is 21.0. The number of rotatable bonds is 5. The Bertz CT molecular complexity index is 1370. The number of phenols is 3. The normalized spacial score (nSPS) is 10.9. The fourth-order valence-corrected chi connectivity index (χ4v) is 4.25. The van der Waals surface area contributed by atoms with Gasteiger partial charge in [0.2, 0.25) is 0 Å². The first-order valence-electron chi connectivity index (χ1n) is 11.5. The Labute approximate surface area is 206 Å². The Kier molecular flexibility index (Phi) is 6.35. The maximum absolute atomic E-state index is 10.3. The zero-order chi connectivity index (χ0) is 25.4. The van der Waals surface area contributed by atoms with Crippen LogP contribution >= 0.6 is 0 Å². The summed E-state index contributed by atoms with van der Waals surface area (Å²) in [5.74, 6) is 1.87. The lowest BCUT2D eigenvalue weighted by atomic mass is 10.0. The molecule has 3 N–H and O–H groups in total. The monoisotopic (exact) mass is 469 g/mol. The molecule has 180 valence electrons. The van der Waals surface area contributed by atoms with Crippen molar-refractivity contribution in [2.24, 2.45) is 0 Å². The first kappa shape index (κ1) is 24.0. The molecule has 5 nitrogen and oxygen atoms in total. The number of hydrogen-bond acceptors (Lipinski definition) is 5. The molecule has 4 aromatic rings. The van der Waals surface area contributed by atoms with Gasteiger partial charge in [0, 0.05) is 16.9 Å². The van der Waals surface area contributed by atoms with Gasteiger partial charge >= 0.3 is 0 Å². The number of para-hydroxylation sites is 2. The van der Waals surface area contributed by atoms with Crippen molar-refractivity contribution in [1.82, 2.24) is 0 Å². The molecule has 0 aliphatic heterocycles. The highest BCUT2D eigenvalue weighted by molar-refractivity contribution is 5.84. The molecule has 4 aromatic carbocycles. The van der Waals surface area contributed by atoms with Crippen molar-refractivity contribution < 1.29 is 20.1 Å². The molecule has 0 aliphatic rings. The van der Waals surface area contributed by atoms with Crippen LogP contribution in [-0.2, 0) is 0 Å². The number of anilines is 3. The van der Waals surface area contributed by atoms with Crippen molar-refractivity contribution in [2.75, 3.05) is 4.90 Å². The summed E-state index contributed by atoms with van der Waals surface area (Å²) in [6, 6.07) is 18.7. The van der Waals surface area contributed by atoms with Gasteiger partial charge in [0.25, 0.3) is 0 Å². The van der Waals surface area contributed by atoms with E-state index in [0.717, 1.165) is 44.9 Å². The van der Waals surface area contributed by atoms with E-state index in [9.17, 15) is 15.3 Å². The maximum atomic E-state index is 10.3. The van der Waals surface area contributed by atoms with Gasteiger partial charge in [-0.3, -0.25) is 0 Å². The minimum absolute atomic E-state index is 0.176. The topological polar surface area (TPSA) is 73.2 Å². The highest BCUT2D eigenvalue weighted by Crippen LogP contribution is 2.47. The summed E-state index contributed by atoms with van der Waals surface area (Å²) in [6.45, 7) is 11.4. The van der Waals surface area contributed by atoms with Crippen molar-refractivity contribution >= 4 is 17.1 Å². The average molecular weight is 470 g/mol. The minimum Gasteiger partial charge on any atom is -0.508 e. The second kappa shape index (κ2) is 9.26. The van der Waals surface area contributed by atoms with E-state index in [2.05, 4.69) is 4.90 Å². The van der Waals surface area contributed by atoms with E-state index in [0.29, 0.717) is 17.1 Å². The van der Waals surface area contributed by atoms with E-state index in [1.165, 1.54) is 0 Å². The Balaban J connectivity index is 1.99. The van der Waals surface area contributed by atoms with E-state index < -0.39 is 0 Å². The number of aryl methyl sites for hydroxylation is 5. The van der Waals surface area contributed by atoms with Crippen LogP contribution in [0.1, 0.15) is 33.4 Å². The van der Waals surface area contributed by atoms with Gasteiger partial charge in [0.1, 0.15) is 23.0 Å². The molecular weight excluding hydrogens is 438 g/mol. The Morgan fingerprint density at radius 1 is 0.543 bits per heavy atom. The lowest BCUT2D eigenvalue weighted by molar-refractivity contribution is 0.446. The van der Waals surface area contributed by atoms with E-state index in [1.807, 2.05) is 84.0 Å². The van der Waals surface area contributed by atoms with Crippen LogP contribution in [-0.4, -0.2) is 15.3 Å². The quantitative estimate of drug-likeness (QED) is 0.277. The third kappa shape index (κ3) is 4.50. The molecule has 0 aliphatic carbocycles. The van der Waals surface area contributed by atoms with Crippen LogP contribution in [0.25, 0.3) is 0 Å². The Hall–Kier alpha value is -4.12. The molecule has 0 amide bonds. The van der Waals surface area contributed by atoms with Crippen LogP contribution < -0.4 is 9.64 Å². The summed E-state index contributed by atoms with van der Waals surface area (Å²) in [4.78, 5) is 2.09. The SMILES string of the molecule is Cc1cc(N(c2cc(C)c(O)cc2C)c2ccccc2Oc2c(C)ccc(O)c2C)c(C)cc1O. The van der Waals surface area contributed by atoms with Crippen molar-refractivity contribution in [3.8, 4) is 28.7 Å². The molecule has 35 heavy (non-hydrogen) atoms. The lowest BCUT2D eigenvalue weighted by Crippen LogP contribution is -2.14. The minimum atomic E-state index is 0.176. The second-order valence-corrected chi connectivity index (χ2v) is 9.11. The third-order valence-electron chi connectivity index (χ3n) is 6.40. The number of ether oxygens (including phenoxy) is 1. The molecule has 0 saturated heterocycles. The van der Waals surface area contributed by atoms with Gasteiger partial charge in [0.05, 0.1) is 5.69 Å². The number of aromatic hydroxyl groups is 3. The molecule has 0 bridgehead atoms. The van der Waals surface area contributed by atoms with Crippen molar-refractivity contribution in [2.45, 2.75) is 41.5 Å². The fraction of sp³-hybridized carbons (Fsp3) is 0.200. The van der Waals surface area contributed by atoms with Crippen LogP contribution in [0.3, 0.4) is 0 Å². The highest BCUT2D eigenvalue weighted by Gasteiger charge is 2.23. The number of phenolic OH excluding ortho intramolecular Hbond substituents is 3. The van der Waals surface area contributed by atoms with E-state index in [-0.39, 0.29) is 17.2 Å². The van der Waals surface area contributed by atoms with Crippen LogP contribution in [0.2, 0.25) is 0 Å². The summed E-state index contributed by atoms with van der Waals surface area (Å²) in [6.07, 6.45) is 0. The smallest absolute Gasteiger partial charge is 0.151 e. The van der Waals surface area contributed by atoms with Gasteiger partial charge in [-0.2, -0.15) is 0 Å². The summed E-state index contributed by atoms with van der Waals surface area (Å²) >= 11 is 0. The molecule has 0 fully saturated rings. The molecule has 0 atom stereocenters. The van der Waals surface area contributed by atoms with Crippen LogP contribution in [0.15, 0.2) is 60.7 Å². The largest absolute Gasteiger partial charge is 0.508 e. The van der Waals surface area contributed by atoms with Crippen molar-refractivity contribution in [3.05, 3.63) is 94.0 Å². The van der Waals surface area contributed by atoms with E-state index in [4.69, 9.17) is 4.74 Å². The van der Waals surface area contributed by atoms with E-state index >= 15 is 0 Å². The summed E-state index contributed by atoms with van der Waals surface area (Å²) in [5, 5.41) is 30.9. The lowest BCUT2D eigenvalue weighted by Gasteiger charge is -2.31. The van der Waals surface area contributed by atoms with Gasteiger partial charge in [-0.25, -0.2) is 0 Å². The molecule has 0 spiro atoms. The Morgan fingerprint density at radius 2 is 1.09 bits per heavy atom. The first-order chi connectivity index (χ1) is 16.6. The van der Waals surface area contributed by atoms with Crippen LogP contribution in [0, 0.1) is 41.5 Å². The molecule has 0 unspecified atom stereocenters. The molecule has 4 rings (SSSR count). The predicted molar refractivity (Wildman–Crippen MR) is 141 cm³/mol. The van der Waals surface area contributed by atoms with Gasteiger partial charge in [-0.15, -0.1) is 0 Å². The number of hydrogen-bond donors (Lipinski definition) is 3. The molecule has 0 radical (unpaired) electrons. The van der Waals surface area contributed by atoms with Gasteiger partial charge in [-0.1, -0.05) is 18.2 Å². The average Bonchev–Trinajstić information content (AvgIpc) is 2.81. The third-order valence-corrected chi connectivity index (χ3v) is 6.40. The first-order valence-corrected chi connectivity index (χ1v) is 11.5.